The van der Waals surface area contributed by atoms with E-state index in [1.165, 1.54) is 12.1 Å². The van der Waals surface area contributed by atoms with Gasteiger partial charge in [0.1, 0.15) is 17.4 Å². The number of hydrogen-bond acceptors (Lipinski definition) is 4. The van der Waals surface area contributed by atoms with Crippen LogP contribution in [0.4, 0.5) is 13.2 Å². The van der Waals surface area contributed by atoms with Crippen LogP contribution < -0.4 is 10.5 Å². The van der Waals surface area contributed by atoms with Gasteiger partial charge in [0.2, 0.25) is 0 Å². The molecule has 0 saturated heterocycles. The summed E-state index contributed by atoms with van der Waals surface area (Å²) in [5.41, 5.74) is 5.04. The van der Waals surface area contributed by atoms with Crippen LogP contribution in [-0.2, 0) is 10.3 Å². The number of nitrogens with two attached hydrogens (primary N) is 1. The topological polar surface area (TPSA) is 72.6 Å². The second-order valence-corrected chi connectivity index (χ2v) is 4.82. The molecule has 2 unspecified atom stereocenters. The molecule has 3 N–H and O–H groups in total. The Morgan fingerprint density at radius 1 is 1.30 bits per heavy atom. The summed E-state index contributed by atoms with van der Waals surface area (Å²) in [6.45, 7) is 0. The molecule has 0 aliphatic heterocycles. The first-order valence-corrected chi connectivity index (χ1v) is 6.10. The molecule has 1 aliphatic rings. The Morgan fingerprint density at radius 2 is 1.90 bits per heavy atom. The lowest BCUT2D eigenvalue weighted by atomic mass is 9.75. The summed E-state index contributed by atoms with van der Waals surface area (Å²) in [5, 5.41) is 9.58. The smallest absolute Gasteiger partial charge is 0.406 e. The second-order valence-electron chi connectivity index (χ2n) is 4.82. The molecular weight excluding hydrogens is 275 g/mol. The Bertz CT molecular complexity index is 501. The number of halogens is 3. The van der Waals surface area contributed by atoms with E-state index >= 15 is 0 Å². The van der Waals surface area contributed by atoms with Gasteiger partial charge in [0, 0.05) is 0 Å². The number of ether oxygens (including phenoxy) is 1. The van der Waals surface area contributed by atoms with Gasteiger partial charge in [0.05, 0.1) is 0 Å². The fourth-order valence-electron chi connectivity index (χ4n) is 2.37. The highest BCUT2D eigenvalue weighted by atomic mass is 19.4. The molecule has 0 aromatic heterocycles. The summed E-state index contributed by atoms with van der Waals surface area (Å²) in [4.78, 5) is 12.0. The molecule has 4 nitrogen and oxygen atoms in total. The van der Waals surface area contributed by atoms with Gasteiger partial charge in [0.15, 0.2) is 5.78 Å². The van der Waals surface area contributed by atoms with Crippen LogP contribution in [0.3, 0.4) is 0 Å². The number of aliphatic hydroxyl groups excluding tert-OH is 1. The van der Waals surface area contributed by atoms with Crippen LogP contribution in [0.15, 0.2) is 24.3 Å². The number of aliphatic hydroxyl groups is 1. The summed E-state index contributed by atoms with van der Waals surface area (Å²) in [6, 6.07) is 4.84. The third-order valence-electron chi connectivity index (χ3n) is 3.39. The van der Waals surface area contributed by atoms with Gasteiger partial charge in [-0.25, -0.2) is 0 Å². The molecule has 1 saturated carbocycles. The van der Waals surface area contributed by atoms with Crippen molar-refractivity contribution >= 4 is 5.78 Å². The maximum absolute atomic E-state index is 12.1. The minimum atomic E-state index is -4.77. The number of alkyl halides is 3. The maximum atomic E-state index is 12.1. The van der Waals surface area contributed by atoms with Crippen LogP contribution in [0.2, 0.25) is 0 Å². The number of benzene rings is 1. The highest BCUT2D eigenvalue weighted by molar-refractivity contribution is 5.93. The van der Waals surface area contributed by atoms with E-state index in [-0.39, 0.29) is 5.75 Å². The lowest BCUT2D eigenvalue weighted by molar-refractivity contribution is -0.274. The number of hydrogen-bond donors (Lipinski definition) is 2. The first-order chi connectivity index (χ1) is 9.22. The molecule has 2 rings (SSSR count). The Morgan fingerprint density at radius 3 is 2.45 bits per heavy atom. The van der Waals surface area contributed by atoms with Crippen molar-refractivity contribution in [2.24, 2.45) is 5.73 Å². The van der Waals surface area contributed by atoms with Gasteiger partial charge in [-0.3, -0.25) is 4.79 Å². The zero-order valence-corrected chi connectivity index (χ0v) is 10.5. The van der Waals surface area contributed by atoms with E-state index in [1.54, 1.807) is 0 Å². The molecule has 7 heteroatoms. The van der Waals surface area contributed by atoms with Crippen molar-refractivity contribution in [1.29, 1.82) is 0 Å². The number of rotatable bonds is 2. The van der Waals surface area contributed by atoms with Crippen LogP contribution in [-0.4, -0.2) is 23.4 Å². The summed E-state index contributed by atoms with van der Waals surface area (Å²) in [7, 11) is 0. The summed E-state index contributed by atoms with van der Waals surface area (Å²) in [5.74, 6) is -0.887. The van der Waals surface area contributed by atoms with Crippen molar-refractivity contribution in [2.45, 2.75) is 37.3 Å². The van der Waals surface area contributed by atoms with Gasteiger partial charge < -0.3 is 15.6 Å². The largest absolute Gasteiger partial charge is 0.573 e. The number of carbonyl (C=O) groups excluding carboxylic acids is 1. The molecule has 110 valence electrons. The van der Waals surface area contributed by atoms with Gasteiger partial charge >= 0.3 is 6.36 Å². The minimum Gasteiger partial charge on any atom is -0.406 e. The maximum Gasteiger partial charge on any atom is 0.573 e. The summed E-state index contributed by atoms with van der Waals surface area (Å²) in [6.07, 6.45) is -4.61. The third-order valence-corrected chi connectivity index (χ3v) is 3.39. The first-order valence-electron chi connectivity index (χ1n) is 6.10. The molecule has 0 radical (unpaired) electrons. The predicted octanol–water partition coefficient (Wildman–Crippen LogP) is 1.85. The molecule has 0 heterocycles. The van der Waals surface area contributed by atoms with E-state index in [0.29, 0.717) is 24.8 Å². The van der Waals surface area contributed by atoms with E-state index in [0.717, 1.165) is 12.1 Å². The molecule has 1 fully saturated rings. The van der Waals surface area contributed by atoms with Crippen molar-refractivity contribution in [3.05, 3.63) is 29.8 Å². The molecule has 20 heavy (non-hydrogen) atoms. The lowest BCUT2D eigenvalue weighted by Gasteiger charge is -2.34. The van der Waals surface area contributed by atoms with Crippen LogP contribution in [0, 0.1) is 0 Å². The minimum absolute atomic E-state index is 0.350. The summed E-state index contributed by atoms with van der Waals surface area (Å²) < 4.78 is 39.9. The highest BCUT2D eigenvalue weighted by Gasteiger charge is 2.42. The summed E-state index contributed by atoms with van der Waals surface area (Å²) >= 11 is 0. The zero-order chi connectivity index (χ0) is 15.0. The lowest BCUT2D eigenvalue weighted by Crippen LogP contribution is -2.52. The standard InChI is InChI=1S/C13H14F3NO3/c14-13(15,16)20-9-5-3-8(4-6-9)12(17)7-1-2-10(18)11(12)19/h3-6,10,18H,1-2,7,17H2. The van der Waals surface area contributed by atoms with Crippen LogP contribution in [0.5, 0.6) is 5.75 Å². The molecule has 1 aliphatic carbocycles. The predicted molar refractivity (Wildman–Crippen MR) is 63.9 cm³/mol. The Balaban J connectivity index is 2.23. The van der Waals surface area contributed by atoms with Crippen molar-refractivity contribution in [3.8, 4) is 5.75 Å². The van der Waals surface area contributed by atoms with E-state index in [4.69, 9.17) is 5.73 Å². The molecule has 1 aromatic carbocycles. The van der Waals surface area contributed by atoms with Crippen LogP contribution in [0.1, 0.15) is 24.8 Å². The average molecular weight is 289 g/mol. The van der Waals surface area contributed by atoms with Gasteiger partial charge in [0.25, 0.3) is 0 Å². The first kappa shape index (κ1) is 14.8. The van der Waals surface area contributed by atoms with Crippen molar-refractivity contribution < 1.29 is 27.8 Å². The fourth-order valence-corrected chi connectivity index (χ4v) is 2.37. The molecule has 0 amide bonds. The SMILES string of the molecule is NC1(c2ccc(OC(F)(F)F)cc2)CCCC(O)C1=O. The van der Waals surface area contributed by atoms with Crippen molar-refractivity contribution in [2.75, 3.05) is 0 Å². The second kappa shape index (κ2) is 5.06. The molecule has 2 atom stereocenters. The van der Waals surface area contributed by atoms with Gasteiger partial charge in [-0.05, 0) is 37.0 Å². The average Bonchev–Trinajstić information content (AvgIpc) is 2.35. The Kier molecular flexibility index (Phi) is 3.75. The highest BCUT2D eigenvalue weighted by Crippen LogP contribution is 2.33. The normalized spacial score (nSPS) is 27.4. The zero-order valence-electron chi connectivity index (χ0n) is 10.5. The Labute approximate surface area is 113 Å². The number of carbonyl (C=O) groups is 1. The van der Waals surface area contributed by atoms with Gasteiger partial charge in [-0.1, -0.05) is 12.1 Å². The quantitative estimate of drug-likeness (QED) is 0.871. The molecular formula is C13H14F3NO3. The number of Topliss-reactive ketones (excluding diaryl/α,β-unsaturated/α-hetero) is 1. The van der Waals surface area contributed by atoms with Gasteiger partial charge in [-0.2, -0.15) is 0 Å². The van der Waals surface area contributed by atoms with E-state index in [9.17, 15) is 23.1 Å². The van der Waals surface area contributed by atoms with E-state index in [2.05, 4.69) is 4.74 Å². The molecule has 1 aromatic rings. The Hall–Kier alpha value is -1.60. The third kappa shape index (κ3) is 2.94. The van der Waals surface area contributed by atoms with Crippen molar-refractivity contribution in [3.63, 3.8) is 0 Å². The van der Waals surface area contributed by atoms with E-state index < -0.39 is 23.8 Å². The van der Waals surface area contributed by atoms with Crippen LogP contribution in [0.25, 0.3) is 0 Å². The van der Waals surface area contributed by atoms with Crippen LogP contribution >= 0.6 is 0 Å². The molecule has 0 bridgehead atoms. The van der Waals surface area contributed by atoms with E-state index in [1.807, 2.05) is 0 Å². The van der Waals surface area contributed by atoms with Gasteiger partial charge in [-0.15, -0.1) is 13.2 Å². The van der Waals surface area contributed by atoms with Crippen molar-refractivity contribution in [1.82, 2.24) is 0 Å². The monoisotopic (exact) mass is 289 g/mol. The molecule has 0 spiro atoms. The number of ketones is 1. The fraction of sp³-hybridized carbons (Fsp3) is 0.462.